The summed E-state index contributed by atoms with van der Waals surface area (Å²) in [5.41, 5.74) is 0. The van der Waals surface area contributed by atoms with Crippen molar-refractivity contribution in [1.29, 1.82) is 0 Å². The maximum absolute atomic E-state index is 3.77. The smallest absolute Gasteiger partial charge is 0.00938 e. The fourth-order valence-electron chi connectivity index (χ4n) is 2.36. The van der Waals surface area contributed by atoms with Crippen molar-refractivity contribution >= 4 is 11.8 Å². The fourth-order valence-corrected chi connectivity index (χ4v) is 2.95. The summed E-state index contributed by atoms with van der Waals surface area (Å²) in [7, 11) is 0. The van der Waals surface area contributed by atoms with Gasteiger partial charge in [-0.2, -0.15) is 11.8 Å². The predicted octanol–water partition coefficient (Wildman–Crippen LogP) is 2.59. The van der Waals surface area contributed by atoms with E-state index < -0.39 is 0 Å². The van der Waals surface area contributed by atoms with Crippen molar-refractivity contribution in [3.8, 4) is 0 Å². The Morgan fingerprint density at radius 2 is 1.88 bits per heavy atom. The van der Waals surface area contributed by atoms with Crippen LogP contribution in [0.1, 0.15) is 40.0 Å². The van der Waals surface area contributed by atoms with Crippen LogP contribution in [-0.4, -0.2) is 48.1 Å². The van der Waals surface area contributed by atoms with Gasteiger partial charge in [0.1, 0.15) is 0 Å². The highest BCUT2D eigenvalue weighted by atomic mass is 32.2. The van der Waals surface area contributed by atoms with Crippen molar-refractivity contribution in [2.45, 2.75) is 58.2 Å². The minimum Gasteiger partial charge on any atom is -0.311 e. The fraction of sp³-hybridized carbons (Fsp3) is 1.00. The first-order chi connectivity index (χ1) is 7.63. The molecule has 0 amide bonds. The van der Waals surface area contributed by atoms with E-state index in [0.29, 0.717) is 6.04 Å². The summed E-state index contributed by atoms with van der Waals surface area (Å²) in [6, 6.07) is 2.16. The largest absolute Gasteiger partial charge is 0.311 e. The average Bonchev–Trinajstić information content (AvgIpc) is 2.27. The van der Waals surface area contributed by atoms with Gasteiger partial charge in [0.2, 0.25) is 0 Å². The predicted molar refractivity (Wildman–Crippen MR) is 75.3 cm³/mol. The molecule has 16 heavy (non-hydrogen) atoms. The monoisotopic (exact) mass is 244 g/mol. The maximum atomic E-state index is 3.77. The lowest BCUT2D eigenvalue weighted by Gasteiger charge is -2.36. The van der Waals surface area contributed by atoms with Gasteiger partial charge >= 0.3 is 0 Å². The number of likely N-dealkylation sites (tertiary alicyclic amines) is 1. The third-order valence-corrected chi connectivity index (χ3v) is 4.18. The first-order valence-electron chi connectivity index (χ1n) is 6.62. The van der Waals surface area contributed by atoms with Crippen LogP contribution >= 0.6 is 11.8 Å². The van der Waals surface area contributed by atoms with E-state index in [-0.39, 0.29) is 0 Å². The average molecular weight is 244 g/mol. The summed E-state index contributed by atoms with van der Waals surface area (Å²) in [4.78, 5) is 2.59. The van der Waals surface area contributed by atoms with Crippen LogP contribution in [0, 0.1) is 0 Å². The number of nitrogens with one attached hydrogen (secondary N) is 1. The standard InChI is InChI=1S/C13H28N2S/c1-11(2)15-8-5-13(6-9-15)14-12(3)7-10-16-4/h11-14H,5-10H2,1-4H3. The molecule has 0 saturated carbocycles. The van der Waals surface area contributed by atoms with Crippen molar-refractivity contribution in [3.63, 3.8) is 0 Å². The molecule has 1 fully saturated rings. The summed E-state index contributed by atoms with van der Waals surface area (Å²) in [5, 5.41) is 3.77. The molecule has 2 nitrogen and oxygen atoms in total. The van der Waals surface area contributed by atoms with Crippen LogP contribution < -0.4 is 5.32 Å². The van der Waals surface area contributed by atoms with Crippen molar-refractivity contribution in [2.75, 3.05) is 25.1 Å². The van der Waals surface area contributed by atoms with E-state index in [1.165, 1.54) is 38.1 Å². The van der Waals surface area contributed by atoms with E-state index in [1.54, 1.807) is 0 Å². The topological polar surface area (TPSA) is 15.3 Å². The normalized spacial score (nSPS) is 21.6. The SMILES string of the molecule is CSCCC(C)NC1CCN(C(C)C)CC1. The van der Waals surface area contributed by atoms with E-state index in [2.05, 4.69) is 37.2 Å². The molecule has 0 radical (unpaired) electrons. The number of piperidine rings is 1. The molecule has 1 unspecified atom stereocenters. The lowest BCUT2D eigenvalue weighted by molar-refractivity contribution is 0.157. The molecule has 1 atom stereocenters. The van der Waals surface area contributed by atoms with E-state index in [9.17, 15) is 0 Å². The minimum atomic E-state index is 0.683. The number of nitrogens with zero attached hydrogens (tertiary/aromatic N) is 1. The van der Waals surface area contributed by atoms with Crippen molar-refractivity contribution in [3.05, 3.63) is 0 Å². The number of hydrogen-bond donors (Lipinski definition) is 1. The molecule has 1 rings (SSSR count). The van der Waals surface area contributed by atoms with Crippen LogP contribution in [0.2, 0.25) is 0 Å². The zero-order chi connectivity index (χ0) is 12.0. The highest BCUT2D eigenvalue weighted by Crippen LogP contribution is 2.14. The number of rotatable bonds is 6. The van der Waals surface area contributed by atoms with Gasteiger partial charge < -0.3 is 10.2 Å². The minimum absolute atomic E-state index is 0.683. The third kappa shape index (κ3) is 5.07. The van der Waals surface area contributed by atoms with Crippen LogP contribution in [-0.2, 0) is 0 Å². The highest BCUT2D eigenvalue weighted by molar-refractivity contribution is 7.98. The molecule has 3 heteroatoms. The van der Waals surface area contributed by atoms with Crippen LogP contribution in [0.25, 0.3) is 0 Å². The quantitative estimate of drug-likeness (QED) is 0.773. The molecule has 0 spiro atoms. The second kappa shape index (κ2) is 7.57. The molecule has 0 aromatic carbocycles. The summed E-state index contributed by atoms with van der Waals surface area (Å²) < 4.78 is 0. The van der Waals surface area contributed by atoms with E-state index in [0.717, 1.165) is 12.1 Å². The molecule has 1 heterocycles. The molecule has 96 valence electrons. The van der Waals surface area contributed by atoms with E-state index in [1.807, 2.05) is 11.8 Å². The Bertz CT molecular complexity index is 177. The molecule has 0 bridgehead atoms. The molecule has 1 N–H and O–H groups in total. The highest BCUT2D eigenvalue weighted by Gasteiger charge is 2.21. The molecule has 0 aromatic heterocycles. The van der Waals surface area contributed by atoms with Crippen molar-refractivity contribution in [2.24, 2.45) is 0 Å². The molecule has 0 aliphatic carbocycles. The lowest BCUT2D eigenvalue weighted by Crippen LogP contribution is -2.47. The number of thioether (sulfide) groups is 1. The summed E-state index contributed by atoms with van der Waals surface area (Å²) >= 11 is 1.95. The first kappa shape index (κ1) is 14.3. The van der Waals surface area contributed by atoms with Gasteiger partial charge in [0.25, 0.3) is 0 Å². The van der Waals surface area contributed by atoms with Gasteiger partial charge in [0.05, 0.1) is 0 Å². The van der Waals surface area contributed by atoms with Crippen LogP contribution in [0.15, 0.2) is 0 Å². The van der Waals surface area contributed by atoms with Gasteiger partial charge in [-0.1, -0.05) is 0 Å². The van der Waals surface area contributed by atoms with E-state index >= 15 is 0 Å². The molecule has 1 saturated heterocycles. The van der Waals surface area contributed by atoms with Gasteiger partial charge in [0.15, 0.2) is 0 Å². The Morgan fingerprint density at radius 1 is 1.25 bits per heavy atom. The second-order valence-electron chi connectivity index (χ2n) is 5.25. The van der Waals surface area contributed by atoms with Gasteiger partial charge in [-0.15, -0.1) is 0 Å². The molecule has 1 aliphatic rings. The Labute approximate surface area is 106 Å². The zero-order valence-electron chi connectivity index (χ0n) is 11.3. The number of hydrogen-bond acceptors (Lipinski definition) is 3. The van der Waals surface area contributed by atoms with Gasteiger partial charge in [-0.05, 0) is 65.1 Å². The van der Waals surface area contributed by atoms with Gasteiger partial charge in [-0.25, -0.2) is 0 Å². The Hall–Kier alpha value is 0.270. The van der Waals surface area contributed by atoms with Crippen LogP contribution in [0.4, 0.5) is 0 Å². The van der Waals surface area contributed by atoms with Crippen molar-refractivity contribution < 1.29 is 0 Å². The second-order valence-corrected chi connectivity index (χ2v) is 6.24. The van der Waals surface area contributed by atoms with Crippen molar-refractivity contribution in [1.82, 2.24) is 10.2 Å². The molecular formula is C13H28N2S. The molecule has 0 aromatic rings. The van der Waals surface area contributed by atoms with E-state index in [4.69, 9.17) is 0 Å². The molecule has 1 aliphatic heterocycles. The Morgan fingerprint density at radius 3 is 2.38 bits per heavy atom. The van der Waals surface area contributed by atoms with Crippen LogP contribution in [0.5, 0.6) is 0 Å². The Kier molecular flexibility index (Phi) is 6.78. The van der Waals surface area contributed by atoms with Crippen LogP contribution in [0.3, 0.4) is 0 Å². The first-order valence-corrected chi connectivity index (χ1v) is 8.02. The van der Waals surface area contributed by atoms with Gasteiger partial charge in [0, 0.05) is 18.1 Å². The summed E-state index contributed by atoms with van der Waals surface area (Å²) in [6.07, 6.45) is 6.13. The van der Waals surface area contributed by atoms with Gasteiger partial charge in [-0.3, -0.25) is 0 Å². The summed E-state index contributed by atoms with van der Waals surface area (Å²) in [5.74, 6) is 1.28. The maximum Gasteiger partial charge on any atom is 0.00938 e. The zero-order valence-corrected chi connectivity index (χ0v) is 12.1. The Balaban J connectivity index is 2.16. The molecular weight excluding hydrogens is 216 g/mol. The summed E-state index contributed by atoms with van der Waals surface area (Å²) in [6.45, 7) is 9.46. The lowest BCUT2D eigenvalue weighted by atomic mass is 10.0. The third-order valence-electron chi connectivity index (χ3n) is 3.54.